The van der Waals surface area contributed by atoms with Crippen molar-refractivity contribution in [2.24, 2.45) is 5.10 Å². The van der Waals surface area contributed by atoms with Crippen LogP contribution in [0.3, 0.4) is 0 Å². The molecule has 0 aliphatic rings. The van der Waals surface area contributed by atoms with Crippen molar-refractivity contribution in [3.63, 3.8) is 0 Å². The number of ether oxygens (including phenoxy) is 1. The number of hydrazone groups is 1. The first kappa shape index (κ1) is 22.6. The summed E-state index contributed by atoms with van der Waals surface area (Å²) in [7, 11) is 0.741. The summed E-state index contributed by atoms with van der Waals surface area (Å²) in [6, 6.07) is 14.5. The second-order valence-corrected chi connectivity index (χ2v) is 9.18. The Morgan fingerprint density at radius 2 is 1.75 bits per heavy atom. The van der Waals surface area contributed by atoms with Crippen molar-refractivity contribution in [2.75, 3.05) is 21.2 Å². The molecule has 0 radical (unpaired) electrons. The van der Waals surface area contributed by atoms with E-state index in [1.807, 2.05) is 24.3 Å². The number of rotatable bonds is 9. The van der Waals surface area contributed by atoms with Crippen LogP contribution in [0.25, 0.3) is 0 Å². The van der Waals surface area contributed by atoms with Crippen LogP contribution in [0.1, 0.15) is 11.1 Å². The fourth-order valence-corrected chi connectivity index (χ4v) is 3.94. The lowest BCUT2D eigenvalue weighted by Crippen LogP contribution is -2.18. The summed E-state index contributed by atoms with van der Waals surface area (Å²) < 4.78 is 16.6. The minimum atomic E-state index is -2.49. The van der Waals surface area contributed by atoms with Gasteiger partial charge in [0.2, 0.25) is 7.07 Å². The van der Waals surface area contributed by atoms with Crippen LogP contribution in [0.2, 0.25) is 0 Å². The highest BCUT2D eigenvalue weighted by Gasteiger charge is 2.07. The van der Waals surface area contributed by atoms with E-state index >= 15 is 0 Å². The standard InChI is InChI=1S/C17H23N3O5P2S/c1-18-17(26(22)25-21)14-6-10-16(11-7-14)24-27(28)20(2)19-12-13-4-8-15(23-3)9-5-13/h4-12,18,21-22,26-27H,1-3H3/b19-12+. The number of nitrogens with zero attached hydrogens (tertiary/aromatic N) is 2. The fraction of sp³-hybridized carbons (Fsp3) is 0.176. The Balaban J connectivity index is 2.00. The maximum Gasteiger partial charge on any atom is 0.207 e. The lowest BCUT2D eigenvalue weighted by atomic mass is 10.2. The van der Waals surface area contributed by atoms with Crippen LogP contribution in [0.4, 0.5) is 0 Å². The van der Waals surface area contributed by atoms with E-state index in [0.29, 0.717) is 16.7 Å². The molecule has 0 amide bonds. The Morgan fingerprint density at radius 1 is 1.14 bits per heavy atom. The zero-order valence-corrected chi connectivity index (χ0v) is 18.4. The molecule has 2 atom stereocenters. The van der Waals surface area contributed by atoms with Gasteiger partial charge >= 0.3 is 0 Å². The van der Waals surface area contributed by atoms with Crippen LogP contribution in [-0.2, 0) is 16.5 Å². The molecular weight excluding hydrogens is 420 g/mol. The zero-order valence-electron chi connectivity index (χ0n) is 15.6. The van der Waals surface area contributed by atoms with Gasteiger partial charge in [0.05, 0.1) is 18.7 Å². The first-order valence-corrected chi connectivity index (χ1v) is 12.0. The van der Waals surface area contributed by atoms with Crippen LogP contribution in [0.15, 0.2) is 53.6 Å². The zero-order chi connectivity index (χ0) is 20.5. The lowest BCUT2D eigenvalue weighted by Gasteiger charge is -2.17. The van der Waals surface area contributed by atoms with E-state index in [1.165, 1.54) is 0 Å². The van der Waals surface area contributed by atoms with E-state index in [1.54, 1.807) is 56.5 Å². The number of hydrogen-bond acceptors (Lipinski definition) is 7. The van der Waals surface area contributed by atoms with Gasteiger partial charge in [0, 0.05) is 7.05 Å². The molecule has 8 nitrogen and oxygen atoms in total. The van der Waals surface area contributed by atoms with Crippen LogP contribution in [-0.4, -0.2) is 47.8 Å². The maximum atomic E-state index is 9.70. The van der Waals surface area contributed by atoms with E-state index in [9.17, 15) is 4.89 Å². The largest absolute Gasteiger partial charge is 0.497 e. The summed E-state index contributed by atoms with van der Waals surface area (Å²) >= 11 is 5.43. The maximum absolute atomic E-state index is 9.70. The molecule has 2 aromatic carbocycles. The van der Waals surface area contributed by atoms with Crippen LogP contribution >= 0.6 is 15.1 Å². The van der Waals surface area contributed by atoms with E-state index in [4.69, 9.17) is 26.3 Å². The van der Waals surface area contributed by atoms with Crippen molar-refractivity contribution in [3.8, 4) is 11.5 Å². The van der Waals surface area contributed by atoms with Crippen LogP contribution in [0.5, 0.6) is 11.5 Å². The highest BCUT2D eigenvalue weighted by atomic mass is 32.4. The smallest absolute Gasteiger partial charge is 0.207 e. The number of benzene rings is 2. The predicted octanol–water partition coefficient (Wildman–Crippen LogP) is 2.77. The number of methoxy groups -OCH3 is 1. The minimum Gasteiger partial charge on any atom is -0.497 e. The molecule has 0 aromatic heterocycles. The third-order valence-corrected chi connectivity index (χ3v) is 6.89. The van der Waals surface area contributed by atoms with Gasteiger partial charge in [0.15, 0.2) is 8.00 Å². The predicted molar refractivity (Wildman–Crippen MR) is 119 cm³/mol. The van der Waals surface area contributed by atoms with Gasteiger partial charge in [-0.1, -0.05) is 0 Å². The molecule has 2 aromatic rings. The lowest BCUT2D eigenvalue weighted by molar-refractivity contribution is -0.131. The molecule has 0 aliphatic carbocycles. The average molecular weight is 443 g/mol. The van der Waals surface area contributed by atoms with E-state index < -0.39 is 15.1 Å². The van der Waals surface area contributed by atoms with Crippen molar-refractivity contribution in [1.82, 2.24) is 10.1 Å². The van der Waals surface area contributed by atoms with Gasteiger partial charge in [-0.3, -0.25) is 5.32 Å². The molecular formula is C17H23N3O5P2S. The van der Waals surface area contributed by atoms with Crippen molar-refractivity contribution in [3.05, 3.63) is 59.7 Å². The van der Waals surface area contributed by atoms with E-state index in [-0.39, 0.29) is 0 Å². The van der Waals surface area contributed by atoms with E-state index in [0.717, 1.165) is 11.3 Å². The van der Waals surface area contributed by atoms with Gasteiger partial charge in [-0.2, -0.15) is 9.78 Å². The molecule has 152 valence electrons. The van der Waals surface area contributed by atoms with E-state index in [2.05, 4.69) is 15.1 Å². The molecule has 2 rings (SSSR count). The van der Waals surface area contributed by atoms with Crippen molar-refractivity contribution >= 4 is 38.5 Å². The normalized spacial score (nSPS) is 13.8. The molecule has 0 bridgehead atoms. The molecule has 0 aliphatic heterocycles. The molecule has 0 spiro atoms. The summed E-state index contributed by atoms with van der Waals surface area (Å²) in [5.74, 6) is 1.37. The third kappa shape index (κ3) is 6.43. The second-order valence-electron chi connectivity index (χ2n) is 5.46. The summed E-state index contributed by atoms with van der Waals surface area (Å²) in [5.41, 5.74) is 2.03. The molecule has 0 saturated heterocycles. The van der Waals surface area contributed by atoms with Gasteiger partial charge in [-0.25, -0.2) is 10.0 Å². The number of nitrogens with one attached hydrogen (secondary N) is 1. The number of hydrogen-bond donors (Lipinski definition) is 3. The second kappa shape index (κ2) is 11.3. The summed E-state index contributed by atoms with van der Waals surface area (Å²) in [6.45, 7) is 0. The highest BCUT2D eigenvalue weighted by Crippen LogP contribution is 2.31. The van der Waals surface area contributed by atoms with Gasteiger partial charge in [0.25, 0.3) is 0 Å². The molecule has 28 heavy (non-hydrogen) atoms. The Kier molecular flexibility index (Phi) is 9.15. The molecule has 0 fully saturated rings. The Labute approximate surface area is 170 Å². The molecule has 0 heterocycles. The first-order chi connectivity index (χ1) is 13.5. The molecule has 3 N–H and O–H groups in total. The van der Waals surface area contributed by atoms with Crippen LogP contribution < -0.4 is 14.6 Å². The SMILES string of the molecule is CN/C(c1ccc(O[PH](=S)N(C)/N=C/c2ccc(OC)cc2)cc1)=[PH](/O)OO. The highest BCUT2D eigenvalue weighted by molar-refractivity contribution is 8.02. The topological polar surface area (TPSA) is 95.8 Å². The Morgan fingerprint density at radius 3 is 2.29 bits per heavy atom. The average Bonchev–Trinajstić information content (AvgIpc) is 2.73. The minimum absolute atomic E-state index is 0.421. The summed E-state index contributed by atoms with van der Waals surface area (Å²) in [4.78, 5) is 9.70. The Bertz CT molecular complexity index is 860. The van der Waals surface area contributed by atoms with Crippen LogP contribution in [0, 0.1) is 0 Å². The van der Waals surface area contributed by atoms with Gasteiger partial charge in [-0.15, -0.1) is 0 Å². The third-order valence-electron chi connectivity index (χ3n) is 3.66. The van der Waals surface area contributed by atoms with Gasteiger partial charge in [-0.05, 0) is 78.5 Å². The molecule has 11 heteroatoms. The fourth-order valence-electron chi connectivity index (χ4n) is 2.17. The molecule has 2 unspecified atom stereocenters. The molecule has 0 saturated carbocycles. The van der Waals surface area contributed by atoms with Gasteiger partial charge in [0.1, 0.15) is 11.5 Å². The Hall–Kier alpha value is -1.70. The monoisotopic (exact) mass is 443 g/mol. The quantitative estimate of drug-likeness (QED) is 0.236. The van der Waals surface area contributed by atoms with Crippen molar-refractivity contribution in [1.29, 1.82) is 0 Å². The summed E-state index contributed by atoms with van der Waals surface area (Å²) in [6.07, 6.45) is 1.71. The van der Waals surface area contributed by atoms with Crippen molar-refractivity contribution < 1.29 is 24.1 Å². The van der Waals surface area contributed by atoms with Gasteiger partial charge < -0.3 is 14.2 Å². The van der Waals surface area contributed by atoms with Crippen molar-refractivity contribution in [2.45, 2.75) is 0 Å². The summed E-state index contributed by atoms with van der Waals surface area (Å²) in [5, 5.41) is 15.8. The first-order valence-electron chi connectivity index (χ1n) is 8.15.